The van der Waals surface area contributed by atoms with E-state index in [0.29, 0.717) is 5.56 Å². The molecule has 18 heavy (non-hydrogen) atoms. The smallest absolute Gasteiger partial charge is 0.338 e. The monoisotopic (exact) mass is 244 g/mol. The van der Waals surface area contributed by atoms with Gasteiger partial charge in [-0.15, -0.1) is 0 Å². The Kier molecular flexibility index (Phi) is 2.51. The molecule has 96 valence electrons. The van der Waals surface area contributed by atoms with Gasteiger partial charge >= 0.3 is 5.97 Å². The van der Waals surface area contributed by atoms with Gasteiger partial charge in [-0.2, -0.15) is 0 Å². The average Bonchev–Trinajstić information content (AvgIpc) is 2.52. The van der Waals surface area contributed by atoms with Crippen LogP contribution in [0.4, 0.5) is 0 Å². The summed E-state index contributed by atoms with van der Waals surface area (Å²) in [5.41, 5.74) is 0.588. The quantitative estimate of drug-likeness (QED) is 0.739. The highest BCUT2D eigenvalue weighted by molar-refractivity contribution is 5.89. The van der Waals surface area contributed by atoms with Crippen LogP contribution in [0.5, 0.6) is 0 Å². The summed E-state index contributed by atoms with van der Waals surface area (Å²) in [7, 11) is 0. The molecule has 2 fully saturated rings. The lowest BCUT2D eigenvalue weighted by Gasteiger charge is -2.50. The van der Waals surface area contributed by atoms with Crippen molar-refractivity contribution in [1.82, 2.24) is 0 Å². The molecule has 0 N–H and O–H groups in total. The highest BCUT2D eigenvalue weighted by Crippen LogP contribution is 2.63. The van der Waals surface area contributed by atoms with Crippen LogP contribution in [0.1, 0.15) is 49.9 Å². The van der Waals surface area contributed by atoms with Crippen molar-refractivity contribution < 1.29 is 9.53 Å². The topological polar surface area (TPSA) is 26.3 Å². The zero-order valence-corrected chi connectivity index (χ0v) is 11.1. The molecule has 0 bridgehead atoms. The number of carbonyl (C=O) groups is 1. The van der Waals surface area contributed by atoms with Crippen molar-refractivity contribution in [2.75, 3.05) is 0 Å². The van der Waals surface area contributed by atoms with E-state index in [1.165, 1.54) is 19.3 Å². The molecule has 3 rings (SSSR count). The van der Waals surface area contributed by atoms with Gasteiger partial charge in [-0.05, 0) is 50.7 Å². The normalized spacial score (nSPS) is 37.8. The van der Waals surface area contributed by atoms with E-state index in [-0.39, 0.29) is 17.0 Å². The van der Waals surface area contributed by atoms with E-state index in [9.17, 15) is 4.79 Å². The minimum absolute atomic E-state index is 0.174. The fourth-order valence-corrected chi connectivity index (χ4v) is 3.68. The molecular weight excluding hydrogens is 224 g/mol. The van der Waals surface area contributed by atoms with Crippen LogP contribution in [0.3, 0.4) is 0 Å². The van der Waals surface area contributed by atoms with Crippen molar-refractivity contribution in [2.24, 2.45) is 11.3 Å². The maximum atomic E-state index is 12.2. The van der Waals surface area contributed by atoms with E-state index in [1.807, 2.05) is 30.3 Å². The van der Waals surface area contributed by atoms with Crippen LogP contribution in [0.15, 0.2) is 30.3 Å². The molecule has 0 amide bonds. The number of rotatable bonds is 2. The van der Waals surface area contributed by atoms with E-state index in [0.717, 1.165) is 12.3 Å². The summed E-state index contributed by atoms with van der Waals surface area (Å²) >= 11 is 0. The van der Waals surface area contributed by atoms with Crippen LogP contribution in [-0.2, 0) is 4.74 Å². The van der Waals surface area contributed by atoms with Gasteiger partial charge in [0.25, 0.3) is 0 Å². The van der Waals surface area contributed by atoms with Crippen LogP contribution >= 0.6 is 0 Å². The van der Waals surface area contributed by atoms with Gasteiger partial charge in [-0.25, -0.2) is 4.79 Å². The predicted octanol–water partition coefficient (Wildman–Crippen LogP) is 3.81. The van der Waals surface area contributed by atoms with Crippen molar-refractivity contribution >= 4 is 5.97 Å². The average molecular weight is 244 g/mol. The predicted molar refractivity (Wildman–Crippen MR) is 70.3 cm³/mol. The Hall–Kier alpha value is -1.31. The van der Waals surface area contributed by atoms with Crippen molar-refractivity contribution in [3.8, 4) is 0 Å². The van der Waals surface area contributed by atoms with E-state index >= 15 is 0 Å². The van der Waals surface area contributed by atoms with E-state index < -0.39 is 0 Å². The standard InChI is InChI=1S/C16H20O2/c1-15-10-8-13(15)9-11-16(15,2)18-14(17)12-6-4-3-5-7-12/h3-7,13H,8-11H2,1-2H3/t13-,15-,16-/m0/s1. The molecule has 2 heteroatoms. The lowest BCUT2D eigenvalue weighted by molar-refractivity contribution is -0.110. The first kappa shape index (κ1) is 11.8. The molecule has 2 aliphatic carbocycles. The Bertz CT molecular complexity index is 467. The number of hydrogen-bond donors (Lipinski definition) is 0. The summed E-state index contributed by atoms with van der Waals surface area (Å²) in [5, 5.41) is 0. The summed E-state index contributed by atoms with van der Waals surface area (Å²) in [5.74, 6) is 0.581. The molecule has 1 aromatic carbocycles. The molecule has 0 unspecified atom stereocenters. The number of ether oxygens (including phenoxy) is 1. The molecule has 0 aromatic heterocycles. The second kappa shape index (κ2) is 3.84. The highest BCUT2D eigenvalue weighted by atomic mass is 16.6. The van der Waals surface area contributed by atoms with Gasteiger partial charge < -0.3 is 4.74 Å². The molecule has 0 saturated heterocycles. The first-order valence-corrected chi connectivity index (χ1v) is 6.84. The zero-order chi connectivity index (χ0) is 12.8. The first-order chi connectivity index (χ1) is 8.55. The van der Waals surface area contributed by atoms with Crippen LogP contribution in [0.2, 0.25) is 0 Å². The van der Waals surface area contributed by atoms with E-state index in [4.69, 9.17) is 4.74 Å². The zero-order valence-electron chi connectivity index (χ0n) is 11.1. The lowest BCUT2D eigenvalue weighted by Crippen LogP contribution is -2.50. The van der Waals surface area contributed by atoms with Gasteiger partial charge in [0.15, 0.2) is 0 Å². The Morgan fingerprint density at radius 1 is 1.17 bits per heavy atom. The Labute approximate surface area is 108 Å². The van der Waals surface area contributed by atoms with Crippen LogP contribution in [0, 0.1) is 11.3 Å². The van der Waals surface area contributed by atoms with Crippen LogP contribution in [-0.4, -0.2) is 11.6 Å². The van der Waals surface area contributed by atoms with Gasteiger partial charge in [0.1, 0.15) is 5.60 Å². The maximum Gasteiger partial charge on any atom is 0.338 e. The van der Waals surface area contributed by atoms with Gasteiger partial charge in [0, 0.05) is 5.41 Å². The molecule has 2 saturated carbocycles. The van der Waals surface area contributed by atoms with Crippen molar-refractivity contribution in [3.63, 3.8) is 0 Å². The van der Waals surface area contributed by atoms with E-state index in [1.54, 1.807) is 0 Å². The molecule has 0 spiro atoms. The van der Waals surface area contributed by atoms with Crippen LogP contribution in [0.25, 0.3) is 0 Å². The Morgan fingerprint density at radius 3 is 2.39 bits per heavy atom. The molecule has 1 aromatic rings. The van der Waals surface area contributed by atoms with Crippen molar-refractivity contribution in [2.45, 2.75) is 45.1 Å². The number of benzene rings is 1. The Balaban J connectivity index is 1.79. The number of carbonyl (C=O) groups excluding carboxylic acids is 1. The number of hydrogen-bond acceptors (Lipinski definition) is 2. The highest BCUT2D eigenvalue weighted by Gasteiger charge is 2.61. The SMILES string of the molecule is C[C@]12CC[C@H]1CC[C@]2(C)OC(=O)c1ccccc1. The largest absolute Gasteiger partial charge is 0.455 e. The molecule has 0 aliphatic heterocycles. The van der Waals surface area contributed by atoms with Gasteiger partial charge in [0.05, 0.1) is 5.56 Å². The summed E-state index contributed by atoms with van der Waals surface area (Å²) in [4.78, 5) is 12.2. The second-order valence-corrected chi connectivity index (χ2v) is 6.18. The second-order valence-electron chi connectivity index (χ2n) is 6.18. The molecule has 3 atom stereocenters. The van der Waals surface area contributed by atoms with Crippen molar-refractivity contribution in [1.29, 1.82) is 0 Å². The summed E-state index contributed by atoms with van der Waals surface area (Å²) < 4.78 is 5.88. The van der Waals surface area contributed by atoms with Gasteiger partial charge in [0.2, 0.25) is 0 Å². The number of fused-ring (bicyclic) bond motifs is 1. The van der Waals surface area contributed by atoms with Crippen LogP contribution < -0.4 is 0 Å². The molecule has 0 heterocycles. The fourth-order valence-electron chi connectivity index (χ4n) is 3.68. The van der Waals surface area contributed by atoms with Gasteiger partial charge in [-0.3, -0.25) is 0 Å². The third-order valence-electron chi connectivity index (χ3n) is 5.42. The van der Waals surface area contributed by atoms with Gasteiger partial charge in [-0.1, -0.05) is 25.1 Å². The Morgan fingerprint density at radius 2 is 1.83 bits per heavy atom. The fraction of sp³-hybridized carbons (Fsp3) is 0.562. The summed E-state index contributed by atoms with van der Waals surface area (Å²) in [6.07, 6.45) is 4.70. The molecular formula is C16H20O2. The third-order valence-corrected chi connectivity index (χ3v) is 5.42. The third kappa shape index (κ3) is 1.51. The maximum absolute atomic E-state index is 12.2. The lowest BCUT2D eigenvalue weighted by atomic mass is 9.58. The summed E-state index contributed by atoms with van der Waals surface area (Å²) in [6.45, 7) is 4.40. The number of esters is 1. The van der Waals surface area contributed by atoms with Crippen molar-refractivity contribution in [3.05, 3.63) is 35.9 Å². The minimum atomic E-state index is -0.275. The molecule has 0 radical (unpaired) electrons. The van der Waals surface area contributed by atoms with E-state index in [2.05, 4.69) is 13.8 Å². The molecule has 2 nitrogen and oxygen atoms in total. The molecule has 2 aliphatic rings. The minimum Gasteiger partial charge on any atom is -0.455 e. The summed E-state index contributed by atoms with van der Waals surface area (Å²) in [6, 6.07) is 9.31. The first-order valence-electron chi connectivity index (χ1n) is 6.84.